The number of amides is 1. The Labute approximate surface area is 106 Å². The summed E-state index contributed by atoms with van der Waals surface area (Å²) < 4.78 is 0. The van der Waals surface area contributed by atoms with Crippen molar-refractivity contribution in [3.05, 3.63) is 16.1 Å². The van der Waals surface area contributed by atoms with Crippen LogP contribution >= 0.6 is 11.3 Å². The van der Waals surface area contributed by atoms with Gasteiger partial charge < -0.3 is 10.6 Å². The molecule has 2 heterocycles. The number of nitrogens with zero attached hydrogens (tertiary/aromatic N) is 1. The van der Waals surface area contributed by atoms with Gasteiger partial charge >= 0.3 is 0 Å². The van der Waals surface area contributed by atoms with Gasteiger partial charge in [-0.25, -0.2) is 4.98 Å². The molecule has 0 bridgehead atoms. The van der Waals surface area contributed by atoms with Crippen LogP contribution in [0.5, 0.6) is 0 Å². The summed E-state index contributed by atoms with van der Waals surface area (Å²) in [5.74, 6) is 0.150. The van der Waals surface area contributed by atoms with Crippen LogP contribution in [-0.2, 0) is 11.2 Å². The molecule has 1 amide bonds. The molecule has 5 heteroatoms. The number of aryl methyl sites for hydroxylation is 1. The van der Waals surface area contributed by atoms with Crippen LogP contribution in [0.1, 0.15) is 30.0 Å². The average Bonchev–Trinajstić information content (AvgIpc) is 2.61. The first-order valence-corrected chi connectivity index (χ1v) is 7.06. The molecule has 2 rings (SSSR count). The maximum absolute atomic E-state index is 11.7. The number of carbonyl (C=O) groups excluding carboxylic acids is 1. The maximum atomic E-state index is 11.7. The highest BCUT2D eigenvalue weighted by molar-refractivity contribution is 7.09. The predicted octanol–water partition coefficient (Wildman–Crippen LogP) is 1.25. The third-order valence-corrected chi connectivity index (χ3v) is 3.80. The van der Waals surface area contributed by atoms with Crippen LogP contribution in [0.25, 0.3) is 0 Å². The van der Waals surface area contributed by atoms with E-state index < -0.39 is 0 Å². The van der Waals surface area contributed by atoms with Gasteiger partial charge in [-0.15, -0.1) is 11.3 Å². The molecule has 1 saturated heterocycles. The molecular weight excluding hydrogens is 234 g/mol. The quantitative estimate of drug-likeness (QED) is 0.849. The molecule has 1 fully saturated rings. The van der Waals surface area contributed by atoms with Gasteiger partial charge in [0.15, 0.2) is 0 Å². The van der Waals surface area contributed by atoms with Crippen LogP contribution < -0.4 is 10.6 Å². The van der Waals surface area contributed by atoms with E-state index in [4.69, 9.17) is 0 Å². The molecule has 0 radical (unpaired) electrons. The van der Waals surface area contributed by atoms with E-state index in [1.165, 1.54) is 0 Å². The lowest BCUT2D eigenvalue weighted by Crippen LogP contribution is -2.43. The highest BCUT2D eigenvalue weighted by atomic mass is 32.1. The summed E-state index contributed by atoms with van der Waals surface area (Å²) in [7, 11) is 0. The Kier molecular flexibility index (Phi) is 4.50. The van der Waals surface area contributed by atoms with Gasteiger partial charge in [-0.05, 0) is 26.2 Å². The second-order valence-corrected chi connectivity index (χ2v) is 5.46. The smallest absolute Gasteiger partial charge is 0.237 e. The molecule has 1 aliphatic heterocycles. The number of carbonyl (C=O) groups is 1. The van der Waals surface area contributed by atoms with Crippen molar-refractivity contribution in [3.8, 4) is 0 Å². The molecule has 0 aromatic carbocycles. The zero-order valence-electron chi connectivity index (χ0n) is 10.2. The summed E-state index contributed by atoms with van der Waals surface area (Å²) in [4.78, 5) is 16.1. The molecule has 1 aromatic heterocycles. The first kappa shape index (κ1) is 12.5. The molecule has 1 aliphatic rings. The second kappa shape index (κ2) is 6.12. The molecule has 4 nitrogen and oxygen atoms in total. The van der Waals surface area contributed by atoms with Crippen molar-refractivity contribution in [1.82, 2.24) is 15.6 Å². The normalized spacial score (nSPS) is 21.0. The van der Waals surface area contributed by atoms with E-state index in [-0.39, 0.29) is 11.9 Å². The Hall–Kier alpha value is -0.940. The Morgan fingerprint density at radius 3 is 3.24 bits per heavy atom. The molecule has 0 saturated carbocycles. The molecule has 1 atom stereocenters. The lowest BCUT2D eigenvalue weighted by molar-refractivity contribution is -0.122. The third kappa shape index (κ3) is 3.78. The van der Waals surface area contributed by atoms with Crippen LogP contribution in [0.2, 0.25) is 0 Å². The monoisotopic (exact) mass is 253 g/mol. The highest BCUT2D eigenvalue weighted by Crippen LogP contribution is 2.09. The van der Waals surface area contributed by atoms with E-state index in [1.807, 2.05) is 6.92 Å². The van der Waals surface area contributed by atoms with Gasteiger partial charge in [0.2, 0.25) is 5.91 Å². The van der Waals surface area contributed by atoms with E-state index in [0.29, 0.717) is 0 Å². The van der Waals surface area contributed by atoms with Gasteiger partial charge in [-0.3, -0.25) is 4.79 Å². The van der Waals surface area contributed by atoms with Crippen LogP contribution in [0.4, 0.5) is 0 Å². The summed E-state index contributed by atoms with van der Waals surface area (Å²) >= 11 is 1.68. The Morgan fingerprint density at radius 1 is 1.59 bits per heavy atom. The lowest BCUT2D eigenvalue weighted by atomic mass is 10.1. The summed E-state index contributed by atoms with van der Waals surface area (Å²) in [5.41, 5.74) is 1.12. The maximum Gasteiger partial charge on any atom is 0.237 e. The molecule has 1 aromatic rings. The molecular formula is C12H19N3OS. The zero-order valence-corrected chi connectivity index (χ0v) is 11.0. The van der Waals surface area contributed by atoms with Gasteiger partial charge in [-0.2, -0.15) is 0 Å². The molecule has 17 heavy (non-hydrogen) atoms. The predicted molar refractivity (Wildman–Crippen MR) is 69.2 cm³/mol. The topological polar surface area (TPSA) is 54.0 Å². The second-order valence-electron chi connectivity index (χ2n) is 4.40. The minimum atomic E-state index is -0.0165. The third-order valence-electron chi connectivity index (χ3n) is 2.97. The van der Waals surface area contributed by atoms with Gasteiger partial charge in [0, 0.05) is 24.9 Å². The molecule has 0 aliphatic carbocycles. The van der Waals surface area contributed by atoms with E-state index >= 15 is 0 Å². The van der Waals surface area contributed by atoms with Gasteiger partial charge in [-0.1, -0.05) is 0 Å². The van der Waals surface area contributed by atoms with Crippen molar-refractivity contribution < 1.29 is 4.79 Å². The van der Waals surface area contributed by atoms with Crippen molar-refractivity contribution in [2.45, 2.75) is 38.6 Å². The van der Waals surface area contributed by atoms with Crippen LogP contribution in [0.15, 0.2) is 5.38 Å². The Balaban J connectivity index is 1.75. The first-order chi connectivity index (χ1) is 8.25. The van der Waals surface area contributed by atoms with Crippen molar-refractivity contribution in [2.75, 3.05) is 13.1 Å². The van der Waals surface area contributed by atoms with Crippen molar-refractivity contribution in [3.63, 3.8) is 0 Å². The largest absolute Gasteiger partial charge is 0.355 e. The molecule has 0 spiro atoms. The minimum Gasteiger partial charge on any atom is -0.355 e. The van der Waals surface area contributed by atoms with Crippen molar-refractivity contribution in [1.29, 1.82) is 0 Å². The summed E-state index contributed by atoms with van der Waals surface area (Å²) in [6, 6.07) is -0.0165. The Morgan fingerprint density at radius 2 is 2.47 bits per heavy atom. The summed E-state index contributed by atoms with van der Waals surface area (Å²) in [6.45, 7) is 3.66. The number of rotatable bonds is 4. The van der Waals surface area contributed by atoms with E-state index in [2.05, 4.69) is 21.0 Å². The lowest BCUT2D eigenvalue weighted by Gasteiger charge is -2.14. The van der Waals surface area contributed by atoms with Crippen molar-refractivity contribution in [2.24, 2.45) is 0 Å². The average molecular weight is 253 g/mol. The van der Waals surface area contributed by atoms with Crippen LogP contribution in [-0.4, -0.2) is 30.0 Å². The fraction of sp³-hybridized carbons (Fsp3) is 0.667. The summed E-state index contributed by atoms with van der Waals surface area (Å²) in [5, 5.41) is 9.45. The van der Waals surface area contributed by atoms with Crippen LogP contribution in [0.3, 0.4) is 0 Å². The van der Waals surface area contributed by atoms with Gasteiger partial charge in [0.1, 0.15) is 0 Å². The van der Waals surface area contributed by atoms with E-state index in [9.17, 15) is 4.79 Å². The number of hydrogen-bond acceptors (Lipinski definition) is 4. The number of thiazole rings is 1. The highest BCUT2D eigenvalue weighted by Gasteiger charge is 2.19. The van der Waals surface area contributed by atoms with Crippen LogP contribution in [0, 0.1) is 6.92 Å². The molecule has 94 valence electrons. The fourth-order valence-electron chi connectivity index (χ4n) is 2.03. The van der Waals surface area contributed by atoms with Gasteiger partial charge in [0.05, 0.1) is 16.7 Å². The fourth-order valence-corrected chi connectivity index (χ4v) is 2.68. The number of hydrogen-bond donors (Lipinski definition) is 2. The number of nitrogens with one attached hydrogen (secondary N) is 2. The Bertz CT molecular complexity index is 378. The standard InChI is InChI=1S/C12H19N3OS/c1-9-15-10(8-17-9)5-7-13-11-4-2-3-6-14-12(11)16/h8,11,13H,2-7H2,1H3,(H,14,16). The van der Waals surface area contributed by atoms with Gasteiger partial charge in [0.25, 0.3) is 0 Å². The van der Waals surface area contributed by atoms with E-state index in [1.54, 1.807) is 11.3 Å². The minimum absolute atomic E-state index is 0.0165. The summed E-state index contributed by atoms with van der Waals surface area (Å²) in [6.07, 6.45) is 4.05. The first-order valence-electron chi connectivity index (χ1n) is 6.18. The molecule has 1 unspecified atom stereocenters. The van der Waals surface area contributed by atoms with E-state index in [0.717, 1.165) is 49.5 Å². The number of aromatic nitrogens is 1. The van der Waals surface area contributed by atoms with Crippen molar-refractivity contribution >= 4 is 17.2 Å². The SMILES string of the molecule is Cc1nc(CCNC2CCCCNC2=O)cs1. The molecule has 2 N–H and O–H groups in total. The zero-order chi connectivity index (χ0) is 12.1.